The molecule has 2 atom stereocenters. The van der Waals surface area contributed by atoms with Crippen molar-refractivity contribution in [3.8, 4) is 51.8 Å². The van der Waals surface area contributed by atoms with E-state index in [-0.39, 0.29) is 98.9 Å². The Bertz CT molecular complexity index is 3160. The van der Waals surface area contributed by atoms with Crippen LogP contribution in [0.2, 0.25) is 0 Å². The molecule has 0 amide bonds. The fraction of sp³-hybridized carbons (Fsp3) is 0.362. The zero-order chi connectivity index (χ0) is 59.9. The molecule has 0 aliphatic rings. The normalized spacial score (nSPS) is 12.2. The molecule has 0 aliphatic heterocycles. The van der Waals surface area contributed by atoms with Gasteiger partial charge in [-0.15, -0.1) is 5.10 Å². The largest absolute Gasteiger partial charge is 0.513 e. The number of methoxy groups -OCH3 is 1. The van der Waals surface area contributed by atoms with E-state index in [2.05, 4.69) is 45.0 Å². The van der Waals surface area contributed by atoms with Crippen molar-refractivity contribution in [3.63, 3.8) is 0 Å². The van der Waals surface area contributed by atoms with E-state index < -0.39 is 92.8 Å². The molecule has 2 aromatic carbocycles. The first-order valence-electron chi connectivity index (χ1n) is 24.4. The SMILES string of the molecule is COc1ccccc1Oc1c(OCCOC(=O)Oc2cccc(CON(O)O)c2)nc(-c2ccnc(-c3nnnn3C(C)OC(=O)OCCCCON(O)O)c2)nc1N(C(C)OC(=O)OCCCCON(O)O)S(=O)(=O)c1ccc(C)cn1. The summed E-state index contributed by atoms with van der Waals surface area (Å²) in [6.07, 6.45) is -3.36. The van der Waals surface area contributed by atoms with E-state index >= 15 is 8.42 Å². The Morgan fingerprint density at radius 3 is 2.02 bits per heavy atom. The number of carbonyl (C=O) groups is 3. The highest BCUT2D eigenvalue weighted by Crippen LogP contribution is 2.45. The zero-order valence-corrected chi connectivity index (χ0v) is 45.2. The second-order valence-corrected chi connectivity index (χ2v) is 18.3. The number of unbranched alkanes of at least 4 members (excludes halogenated alkanes) is 2. The number of hydrogen-bond acceptors (Lipinski definition) is 33. The topological polar surface area (TPSA) is 426 Å². The average molecular weight is 1190 g/mol. The highest BCUT2D eigenvalue weighted by Gasteiger charge is 2.39. The second-order valence-electron chi connectivity index (χ2n) is 16.5. The average Bonchev–Trinajstić information content (AvgIpc) is 4.10. The molecule has 6 aromatic rings. The highest BCUT2D eigenvalue weighted by atomic mass is 32.2. The number of benzene rings is 2. The van der Waals surface area contributed by atoms with Crippen LogP contribution < -0.4 is 23.3 Å². The van der Waals surface area contributed by atoms with Gasteiger partial charge in [0.1, 0.15) is 24.7 Å². The summed E-state index contributed by atoms with van der Waals surface area (Å²) in [5.41, 5.74) is 1.02. The Kier molecular flexibility index (Phi) is 24.2. The van der Waals surface area contributed by atoms with Gasteiger partial charge < -0.3 is 42.6 Å². The van der Waals surface area contributed by atoms with Crippen LogP contribution in [0.25, 0.3) is 22.9 Å². The number of ether oxygens (including phenoxy) is 9. The molecule has 0 saturated heterocycles. The third-order valence-corrected chi connectivity index (χ3v) is 12.3. The minimum atomic E-state index is -5.04. The molecule has 83 heavy (non-hydrogen) atoms. The standard InChI is InChI=1S/C47H56N12O23S/c1-30-16-17-39(49-28-30)83(69,70)56(32(3)80-46(61)74-21-8-10-23-77-58(65)66)43-40(82-38-15-6-5-14-37(38)71-4)44(72-24-25-75-47(62)81-35-13-11-12-33(26-35)29-78-59(67)68)51-41(50-43)34-18-19-48-36(27-34)42-52-53-54-55(42)31(2)79-45(60)73-20-7-9-22-76-57(63)64/h5-6,11-19,26-28,31-32,63-68H,7-10,20-25,29H2,1-4H3. The summed E-state index contributed by atoms with van der Waals surface area (Å²) < 4.78 is 82.2. The maximum absolute atomic E-state index is 15.2. The number of tetrazole rings is 1. The molecule has 0 fully saturated rings. The van der Waals surface area contributed by atoms with Crippen molar-refractivity contribution in [2.75, 3.05) is 51.1 Å². The molecule has 448 valence electrons. The Morgan fingerprint density at radius 2 is 1.36 bits per heavy atom. The molecule has 0 radical (unpaired) electrons. The summed E-state index contributed by atoms with van der Waals surface area (Å²) in [5, 5.41) is 62.6. The van der Waals surface area contributed by atoms with E-state index in [1.807, 2.05) is 0 Å². The monoisotopic (exact) mass is 1190 g/mol. The van der Waals surface area contributed by atoms with Gasteiger partial charge in [0.05, 0.1) is 56.3 Å². The molecular weight excluding hydrogens is 1130 g/mol. The van der Waals surface area contributed by atoms with Crippen molar-refractivity contribution < 1.29 is 111 Å². The molecule has 0 bridgehead atoms. The number of anilines is 1. The lowest BCUT2D eigenvalue weighted by Gasteiger charge is -2.30. The van der Waals surface area contributed by atoms with Gasteiger partial charge in [0.25, 0.3) is 15.9 Å². The Labute approximate surface area is 470 Å². The summed E-state index contributed by atoms with van der Waals surface area (Å²) in [6.45, 7) is 2.16. The number of hydrogen-bond donors (Lipinski definition) is 6. The van der Waals surface area contributed by atoms with Crippen LogP contribution in [0.1, 0.15) is 56.9 Å². The minimum Gasteiger partial charge on any atom is -0.493 e. The van der Waals surface area contributed by atoms with E-state index in [1.54, 1.807) is 25.1 Å². The number of pyridine rings is 2. The van der Waals surface area contributed by atoms with Gasteiger partial charge in [-0.2, -0.15) is 18.1 Å². The van der Waals surface area contributed by atoms with Crippen LogP contribution in [0.4, 0.5) is 20.2 Å². The van der Waals surface area contributed by atoms with E-state index in [0.29, 0.717) is 15.4 Å². The van der Waals surface area contributed by atoms with Gasteiger partial charge in [0.15, 0.2) is 40.6 Å². The first-order valence-corrected chi connectivity index (χ1v) is 25.9. The van der Waals surface area contributed by atoms with Crippen molar-refractivity contribution in [2.45, 2.75) is 70.5 Å². The number of rotatable bonds is 32. The summed E-state index contributed by atoms with van der Waals surface area (Å²) in [7, 11) is -3.70. The van der Waals surface area contributed by atoms with E-state index in [1.165, 1.54) is 87.9 Å². The van der Waals surface area contributed by atoms with Gasteiger partial charge in [-0.25, -0.2) is 33.5 Å². The van der Waals surface area contributed by atoms with Gasteiger partial charge in [0.2, 0.25) is 11.6 Å². The van der Waals surface area contributed by atoms with Crippen LogP contribution in [0.3, 0.4) is 0 Å². The highest BCUT2D eigenvalue weighted by molar-refractivity contribution is 7.92. The number of nitrogens with zero attached hydrogens (tertiary/aromatic N) is 12. The molecule has 35 nitrogen and oxygen atoms in total. The van der Waals surface area contributed by atoms with Crippen LogP contribution in [0, 0.1) is 6.92 Å². The van der Waals surface area contributed by atoms with Gasteiger partial charge in [-0.05, 0) is 110 Å². The Hall–Kier alpha value is -8.63. The van der Waals surface area contributed by atoms with Crippen molar-refractivity contribution >= 4 is 34.3 Å². The molecule has 2 unspecified atom stereocenters. The molecule has 6 N–H and O–H groups in total. The van der Waals surface area contributed by atoms with E-state index in [4.69, 9.17) is 78.9 Å². The van der Waals surface area contributed by atoms with Crippen molar-refractivity contribution in [1.29, 1.82) is 0 Å². The van der Waals surface area contributed by atoms with Crippen molar-refractivity contribution in [3.05, 3.63) is 96.3 Å². The first kappa shape index (κ1) is 63.6. The number of carbonyl (C=O) groups excluding carboxylic acids is 3. The molecule has 36 heteroatoms. The summed E-state index contributed by atoms with van der Waals surface area (Å²) >= 11 is 0. The second kappa shape index (κ2) is 31.5. The lowest BCUT2D eigenvalue weighted by atomic mass is 10.2. The predicted octanol–water partition coefficient (Wildman–Crippen LogP) is 5.75. The van der Waals surface area contributed by atoms with Crippen molar-refractivity contribution in [1.82, 2.24) is 56.3 Å². The van der Waals surface area contributed by atoms with Crippen LogP contribution in [0.15, 0.2) is 90.2 Å². The van der Waals surface area contributed by atoms with Gasteiger partial charge >= 0.3 is 18.5 Å². The quantitative estimate of drug-likeness (QED) is 0.00730. The number of sulfonamides is 1. The Balaban J connectivity index is 1.42. The van der Waals surface area contributed by atoms with Crippen LogP contribution in [-0.2, 0) is 54.8 Å². The fourth-order valence-corrected chi connectivity index (χ4v) is 8.27. The molecule has 0 saturated carbocycles. The lowest BCUT2D eigenvalue weighted by Crippen LogP contribution is -2.42. The maximum Gasteiger partial charge on any atom is 0.513 e. The molecular formula is C47H56N12O23S. The van der Waals surface area contributed by atoms with E-state index in [9.17, 15) is 14.4 Å². The smallest absolute Gasteiger partial charge is 0.493 e. The van der Waals surface area contributed by atoms with Gasteiger partial charge in [0, 0.05) is 18.0 Å². The van der Waals surface area contributed by atoms with Gasteiger partial charge in [-0.1, -0.05) is 30.3 Å². The predicted molar refractivity (Wildman–Crippen MR) is 268 cm³/mol. The number of para-hydroxylation sites is 2. The summed E-state index contributed by atoms with van der Waals surface area (Å²) in [4.78, 5) is 70.5. The fourth-order valence-electron chi connectivity index (χ4n) is 6.86. The number of aromatic nitrogens is 8. The molecule has 0 aliphatic carbocycles. The summed E-state index contributed by atoms with van der Waals surface area (Å²) in [5.74, 6) is -2.10. The molecule has 4 aromatic heterocycles. The van der Waals surface area contributed by atoms with Crippen LogP contribution in [0.5, 0.6) is 28.9 Å². The van der Waals surface area contributed by atoms with Crippen LogP contribution in [-0.4, -0.2) is 167 Å². The number of aryl methyl sites for hydroxylation is 1. The van der Waals surface area contributed by atoms with Gasteiger partial charge in [-0.3, -0.25) is 45.9 Å². The van der Waals surface area contributed by atoms with Crippen LogP contribution >= 0.6 is 0 Å². The molecule has 0 spiro atoms. The van der Waals surface area contributed by atoms with Crippen molar-refractivity contribution in [2.24, 2.45) is 0 Å². The zero-order valence-electron chi connectivity index (χ0n) is 44.4. The third-order valence-electron chi connectivity index (χ3n) is 10.6. The Morgan fingerprint density at radius 1 is 0.699 bits per heavy atom. The third kappa shape index (κ3) is 19.5. The minimum absolute atomic E-state index is 0.0122. The maximum atomic E-state index is 15.2. The van der Waals surface area contributed by atoms with E-state index in [0.717, 1.165) is 4.68 Å². The molecule has 6 rings (SSSR count). The lowest BCUT2D eigenvalue weighted by molar-refractivity contribution is -0.497. The molecule has 4 heterocycles. The first-order chi connectivity index (χ1) is 39.8. The summed E-state index contributed by atoms with van der Waals surface area (Å²) in [6, 6.07) is 17.4.